The predicted molar refractivity (Wildman–Crippen MR) is 104 cm³/mol. The van der Waals surface area contributed by atoms with Crippen LogP contribution in [0.15, 0.2) is 0 Å². The van der Waals surface area contributed by atoms with E-state index in [1.165, 1.54) is 10.3 Å². The van der Waals surface area contributed by atoms with Crippen LogP contribution < -0.4 is 45.4 Å². The highest BCUT2D eigenvalue weighted by Gasteiger charge is 2.14. The topological polar surface area (TPSA) is 64.5 Å². The highest BCUT2D eigenvalue weighted by molar-refractivity contribution is 8.14. The zero-order chi connectivity index (χ0) is 18.0. The number of halogens is 2. The molecule has 0 aliphatic carbocycles. The van der Waals surface area contributed by atoms with Crippen molar-refractivity contribution in [2.45, 2.75) is 24.6 Å². The maximum Gasteiger partial charge on any atom is 0.308 e. The smallest absolute Gasteiger partial charge is 0.308 e. The number of hydrogen-bond acceptors (Lipinski definition) is 4. The molecule has 0 saturated carbocycles. The molecule has 0 fully saturated rings. The predicted octanol–water partition coefficient (Wildman–Crippen LogP) is -5.56. The molecule has 0 amide bonds. The molecule has 2 unspecified atom stereocenters. The molecule has 10 heteroatoms. The molecule has 0 rings (SSSR count). The van der Waals surface area contributed by atoms with Gasteiger partial charge in [-0.1, -0.05) is 0 Å². The quantitative estimate of drug-likeness (QED) is 0.167. The number of hydrogen-bond donors (Lipinski definition) is 2. The molecule has 0 bridgehead atoms. The zero-order valence-corrected chi connectivity index (χ0v) is 21.5. The molecular formula is C14H36Br2N6S2. The van der Waals surface area contributed by atoms with Crippen molar-refractivity contribution in [3.8, 4) is 0 Å². The lowest BCUT2D eigenvalue weighted by Gasteiger charge is -2.11. The minimum absolute atomic E-state index is 0. The van der Waals surface area contributed by atoms with Gasteiger partial charge in [-0.05, 0) is 37.4 Å². The molecule has 0 heterocycles. The largest absolute Gasteiger partial charge is 1.00 e. The fraction of sp³-hybridized carbons (Fsp3) is 0.857. The lowest BCUT2D eigenvalue weighted by Crippen LogP contribution is -3.00. The second-order valence-corrected chi connectivity index (χ2v) is 8.48. The number of rotatable bonds is 2. The molecular weight excluding hydrogens is 476 g/mol. The summed E-state index contributed by atoms with van der Waals surface area (Å²) in [5.74, 6) is 0. The number of nitrogens with zero attached hydrogens (tertiary/aromatic N) is 4. The van der Waals surface area contributed by atoms with Crippen LogP contribution in [0.25, 0.3) is 0 Å². The van der Waals surface area contributed by atoms with E-state index in [1.54, 1.807) is 23.5 Å². The third kappa shape index (κ3) is 17.3. The van der Waals surface area contributed by atoms with E-state index in [0.29, 0.717) is 0 Å². The van der Waals surface area contributed by atoms with E-state index >= 15 is 0 Å². The van der Waals surface area contributed by atoms with Crippen molar-refractivity contribution in [2.24, 2.45) is 11.5 Å². The van der Waals surface area contributed by atoms with Gasteiger partial charge in [0.1, 0.15) is 0 Å². The molecule has 0 aliphatic rings. The molecule has 0 spiro atoms. The summed E-state index contributed by atoms with van der Waals surface area (Å²) in [5.41, 5.74) is 11.3. The van der Waals surface area contributed by atoms with E-state index in [4.69, 9.17) is 11.5 Å². The normalized spacial score (nSPS) is 11.5. The minimum atomic E-state index is 0. The van der Waals surface area contributed by atoms with E-state index in [-0.39, 0.29) is 44.7 Å². The Hall–Kier alpha value is 0.520. The fourth-order valence-electron chi connectivity index (χ4n) is 1.55. The maximum atomic E-state index is 5.66. The lowest BCUT2D eigenvalue weighted by atomic mass is 10.8. The van der Waals surface area contributed by atoms with Crippen LogP contribution in [0, 0.1) is 0 Å². The van der Waals surface area contributed by atoms with E-state index in [1.807, 2.05) is 70.2 Å². The SMILES string of the molecule is CC(N)SC(N(C)C)=[N+](C)C.CC(N)SC(N(C)C)=[N+](C)C.[Br-].[Br-]. The van der Waals surface area contributed by atoms with Gasteiger partial charge in [-0.15, -0.1) is 0 Å². The van der Waals surface area contributed by atoms with Crippen LogP contribution >= 0.6 is 23.5 Å². The Morgan fingerprint density at radius 2 is 0.917 bits per heavy atom. The Morgan fingerprint density at radius 3 is 0.958 bits per heavy atom. The molecule has 0 aromatic heterocycles. The molecule has 4 N–H and O–H groups in total. The van der Waals surface area contributed by atoms with Crippen LogP contribution in [0.5, 0.6) is 0 Å². The summed E-state index contributed by atoms with van der Waals surface area (Å²) in [4.78, 5) is 4.13. The van der Waals surface area contributed by atoms with E-state index < -0.39 is 0 Å². The Balaban J connectivity index is -0.000000154. The summed E-state index contributed by atoms with van der Waals surface area (Å²) in [7, 11) is 16.1. The van der Waals surface area contributed by atoms with Crippen LogP contribution in [-0.2, 0) is 0 Å². The Bertz CT molecular complexity index is 341. The zero-order valence-electron chi connectivity index (χ0n) is 16.7. The van der Waals surface area contributed by atoms with E-state index in [9.17, 15) is 0 Å². The third-order valence-corrected chi connectivity index (χ3v) is 4.74. The minimum Gasteiger partial charge on any atom is -1.00 e. The van der Waals surface area contributed by atoms with Gasteiger partial charge >= 0.3 is 10.3 Å². The molecule has 0 aromatic carbocycles. The van der Waals surface area contributed by atoms with Crippen molar-refractivity contribution < 1.29 is 43.1 Å². The summed E-state index contributed by atoms with van der Waals surface area (Å²) >= 11 is 3.32. The molecule has 0 aromatic rings. The summed E-state index contributed by atoms with van der Waals surface area (Å²) in [6.45, 7) is 3.97. The van der Waals surface area contributed by atoms with Crippen LogP contribution in [0.1, 0.15) is 13.8 Å². The fourth-order valence-corrected chi connectivity index (χ4v) is 3.06. The molecule has 24 heavy (non-hydrogen) atoms. The first-order valence-corrected chi connectivity index (χ1v) is 8.93. The summed E-state index contributed by atoms with van der Waals surface area (Å²) in [6, 6.07) is 0. The van der Waals surface area contributed by atoms with Crippen molar-refractivity contribution in [1.29, 1.82) is 0 Å². The van der Waals surface area contributed by atoms with Crippen LogP contribution in [-0.4, -0.2) is 96.4 Å². The van der Waals surface area contributed by atoms with Gasteiger partial charge in [-0.25, -0.2) is 0 Å². The first-order valence-electron chi connectivity index (χ1n) is 7.17. The van der Waals surface area contributed by atoms with Crippen LogP contribution in [0.2, 0.25) is 0 Å². The van der Waals surface area contributed by atoms with Crippen molar-refractivity contribution in [3.05, 3.63) is 0 Å². The van der Waals surface area contributed by atoms with Gasteiger partial charge in [-0.2, -0.15) is 0 Å². The highest BCUT2D eigenvalue weighted by atomic mass is 79.9. The number of amidine groups is 2. The maximum absolute atomic E-state index is 5.66. The van der Waals surface area contributed by atoms with Gasteiger partial charge in [0.15, 0.2) is 0 Å². The Kier molecular flexibility index (Phi) is 22.8. The summed E-state index contributed by atoms with van der Waals surface area (Å²) in [6.07, 6.45) is 0. The van der Waals surface area contributed by atoms with Crippen molar-refractivity contribution in [1.82, 2.24) is 9.80 Å². The van der Waals surface area contributed by atoms with E-state index in [2.05, 4.69) is 19.0 Å². The van der Waals surface area contributed by atoms with Gasteiger partial charge < -0.3 is 45.4 Å². The van der Waals surface area contributed by atoms with Gasteiger partial charge in [0, 0.05) is 0 Å². The van der Waals surface area contributed by atoms with E-state index in [0.717, 1.165) is 0 Å². The van der Waals surface area contributed by atoms with Gasteiger partial charge in [0.2, 0.25) is 0 Å². The van der Waals surface area contributed by atoms with Crippen molar-refractivity contribution >= 4 is 33.9 Å². The molecule has 6 nitrogen and oxygen atoms in total. The average Bonchev–Trinajstić information content (AvgIpc) is 2.32. The number of nitrogens with two attached hydrogens (primary N) is 2. The highest BCUT2D eigenvalue weighted by Crippen LogP contribution is 2.09. The molecule has 0 saturated heterocycles. The molecule has 0 aliphatic heterocycles. The van der Waals surface area contributed by atoms with Crippen molar-refractivity contribution in [2.75, 3.05) is 56.4 Å². The third-order valence-electron chi connectivity index (χ3n) is 2.11. The standard InChI is InChI=1S/2C7H18N3S.2BrH/c2*1-6(8)11-7(9(2)3)10(4)5;;/h2*6H,8H2,1-5H3;2*1H/q2*+1;;/p-2. The van der Waals surface area contributed by atoms with Crippen LogP contribution in [0.3, 0.4) is 0 Å². The van der Waals surface area contributed by atoms with Crippen LogP contribution in [0.4, 0.5) is 0 Å². The lowest BCUT2D eigenvalue weighted by molar-refractivity contribution is -0.466. The summed E-state index contributed by atoms with van der Waals surface area (Å²) < 4.78 is 4.13. The van der Waals surface area contributed by atoms with Gasteiger partial charge in [0.25, 0.3) is 0 Å². The van der Waals surface area contributed by atoms with Gasteiger partial charge in [0.05, 0.1) is 67.1 Å². The average molecular weight is 512 g/mol. The Morgan fingerprint density at radius 1 is 0.708 bits per heavy atom. The second kappa shape index (κ2) is 17.0. The van der Waals surface area contributed by atoms with Crippen molar-refractivity contribution in [3.63, 3.8) is 0 Å². The monoisotopic (exact) mass is 510 g/mol. The molecule has 2 atom stereocenters. The molecule has 148 valence electrons. The summed E-state index contributed by atoms with van der Waals surface area (Å²) in [5, 5.41) is 2.66. The first-order chi connectivity index (χ1) is 9.89. The molecule has 0 radical (unpaired) electrons. The Labute approximate surface area is 178 Å². The second-order valence-electron chi connectivity index (χ2n) is 5.79. The van der Waals surface area contributed by atoms with Gasteiger partial charge in [-0.3, -0.25) is 19.0 Å². The first kappa shape index (κ1) is 32.2. The number of thioether (sulfide) groups is 2.